The normalized spacial score (nSPS) is 12.6. The van der Waals surface area contributed by atoms with Crippen molar-refractivity contribution < 1.29 is 9.59 Å². The van der Waals surface area contributed by atoms with Crippen LogP contribution in [0, 0.1) is 0 Å². The minimum Gasteiger partial charge on any atom is -0.347 e. The van der Waals surface area contributed by atoms with Crippen LogP contribution in [0.2, 0.25) is 5.02 Å². The number of carbonyl (C=O) groups excluding carboxylic acids is 2. The Labute approximate surface area is 162 Å². The molecular weight excluding hydrogens is 390 g/mol. The molecule has 4 rings (SSSR count). The number of nitrogens with one attached hydrogen (secondary N) is 2. The number of halogens is 1. The van der Waals surface area contributed by atoms with Gasteiger partial charge in [-0.05, 0) is 36.4 Å². The number of anilines is 1. The Morgan fingerprint density at radius 3 is 2.88 bits per heavy atom. The van der Waals surface area contributed by atoms with Gasteiger partial charge in [-0.15, -0.1) is 11.3 Å². The molecule has 2 N–H and O–H groups in total. The number of hydrogen-bond acceptors (Lipinski definition) is 5. The molecule has 1 aromatic heterocycles. The molecule has 2 aromatic carbocycles. The number of nitrogens with zero attached hydrogens (tertiary/aromatic N) is 1. The number of amides is 2. The summed E-state index contributed by atoms with van der Waals surface area (Å²) in [4.78, 5) is 31.5. The number of rotatable bonds is 3. The first-order chi connectivity index (χ1) is 12.6. The van der Waals surface area contributed by atoms with Gasteiger partial charge in [0.05, 0.1) is 23.3 Å². The maximum Gasteiger partial charge on any atom is 0.256 e. The predicted molar refractivity (Wildman–Crippen MR) is 103 cm³/mol. The average Bonchev–Trinajstić information content (AvgIpc) is 3.10. The monoisotopic (exact) mass is 401 g/mol. The molecule has 3 aromatic rings. The van der Waals surface area contributed by atoms with E-state index < -0.39 is 0 Å². The molecule has 2 heterocycles. The highest BCUT2D eigenvalue weighted by Gasteiger charge is 2.21. The lowest BCUT2D eigenvalue weighted by Gasteiger charge is -2.09. The zero-order chi connectivity index (χ0) is 18.1. The molecule has 2 amide bonds. The highest BCUT2D eigenvalue weighted by molar-refractivity contribution is 7.99. The first-order valence-corrected chi connectivity index (χ1v) is 9.76. The van der Waals surface area contributed by atoms with Gasteiger partial charge in [-0.1, -0.05) is 23.4 Å². The van der Waals surface area contributed by atoms with Crippen LogP contribution in [0.25, 0.3) is 0 Å². The maximum atomic E-state index is 12.5. The Hall–Kier alpha value is -2.35. The van der Waals surface area contributed by atoms with Gasteiger partial charge in [0.1, 0.15) is 0 Å². The third-order valence-corrected chi connectivity index (χ3v) is 5.95. The van der Waals surface area contributed by atoms with Crippen LogP contribution in [-0.4, -0.2) is 16.8 Å². The van der Waals surface area contributed by atoms with Crippen LogP contribution in [0.15, 0.2) is 57.9 Å². The van der Waals surface area contributed by atoms with Gasteiger partial charge in [-0.25, -0.2) is 0 Å². The summed E-state index contributed by atoms with van der Waals surface area (Å²) >= 11 is 8.98. The highest BCUT2D eigenvalue weighted by Crippen LogP contribution is 2.40. The summed E-state index contributed by atoms with van der Waals surface area (Å²) in [6, 6.07) is 10.4. The summed E-state index contributed by atoms with van der Waals surface area (Å²) in [7, 11) is 0. The Balaban J connectivity index is 1.58. The zero-order valence-corrected chi connectivity index (χ0v) is 15.7. The fraction of sp³-hybridized carbons (Fsp3) is 0.0556. The lowest BCUT2D eigenvalue weighted by atomic mass is 10.1. The Morgan fingerprint density at radius 1 is 1.19 bits per heavy atom. The second-order valence-corrected chi connectivity index (χ2v) is 8.05. The Morgan fingerprint density at radius 2 is 2.08 bits per heavy atom. The summed E-state index contributed by atoms with van der Waals surface area (Å²) in [5.74, 6) is -0.421. The number of thiazole rings is 1. The van der Waals surface area contributed by atoms with Gasteiger partial charge in [-0.2, -0.15) is 0 Å². The molecule has 0 unspecified atom stereocenters. The molecule has 26 heavy (non-hydrogen) atoms. The van der Waals surface area contributed by atoms with Crippen molar-refractivity contribution >= 4 is 52.2 Å². The topological polar surface area (TPSA) is 71.1 Å². The van der Waals surface area contributed by atoms with Crippen LogP contribution >= 0.6 is 34.7 Å². The molecule has 0 saturated carbocycles. The SMILES string of the molecule is O=C(NCc1cncs1)c1ccc2c(c1)NC(=O)c1ccc(Cl)cc1S2. The van der Waals surface area contributed by atoms with Crippen molar-refractivity contribution in [1.29, 1.82) is 0 Å². The van der Waals surface area contributed by atoms with Crippen LogP contribution < -0.4 is 10.6 Å². The van der Waals surface area contributed by atoms with E-state index in [0.717, 1.165) is 14.7 Å². The van der Waals surface area contributed by atoms with Gasteiger partial charge in [-0.3, -0.25) is 14.6 Å². The van der Waals surface area contributed by atoms with E-state index in [1.54, 1.807) is 42.0 Å². The number of benzene rings is 2. The highest BCUT2D eigenvalue weighted by atomic mass is 35.5. The van der Waals surface area contributed by atoms with Gasteiger partial charge in [0.2, 0.25) is 0 Å². The van der Waals surface area contributed by atoms with Crippen LogP contribution in [0.4, 0.5) is 5.69 Å². The summed E-state index contributed by atoms with van der Waals surface area (Å²) in [6.45, 7) is 0.422. The van der Waals surface area contributed by atoms with E-state index in [1.807, 2.05) is 6.07 Å². The zero-order valence-electron chi connectivity index (χ0n) is 13.3. The van der Waals surface area contributed by atoms with Crippen LogP contribution in [0.5, 0.6) is 0 Å². The molecule has 1 aliphatic rings. The molecule has 0 aliphatic carbocycles. The molecule has 0 bridgehead atoms. The van der Waals surface area contributed by atoms with Crippen LogP contribution in [0.1, 0.15) is 25.6 Å². The summed E-state index contributed by atoms with van der Waals surface area (Å²) in [5, 5.41) is 6.30. The lowest BCUT2D eigenvalue weighted by Crippen LogP contribution is -2.22. The van der Waals surface area contributed by atoms with Crippen LogP contribution in [-0.2, 0) is 6.54 Å². The van der Waals surface area contributed by atoms with Crippen molar-refractivity contribution in [2.24, 2.45) is 0 Å². The number of hydrogen-bond donors (Lipinski definition) is 2. The number of aromatic nitrogens is 1. The van der Waals surface area contributed by atoms with E-state index in [4.69, 9.17) is 11.6 Å². The van der Waals surface area contributed by atoms with Crippen molar-refractivity contribution in [3.63, 3.8) is 0 Å². The summed E-state index contributed by atoms with van der Waals surface area (Å²) < 4.78 is 0. The third-order valence-electron chi connectivity index (χ3n) is 3.80. The second-order valence-electron chi connectivity index (χ2n) is 5.56. The van der Waals surface area contributed by atoms with Crippen molar-refractivity contribution in [2.75, 3.05) is 5.32 Å². The van der Waals surface area contributed by atoms with E-state index in [1.165, 1.54) is 23.1 Å². The summed E-state index contributed by atoms with van der Waals surface area (Å²) in [5.41, 5.74) is 3.38. The molecule has 0 spiro atoms. The van der Waals surface area contributed by atoms with Crippen molar-refractivity contribution in [1.82, 2.24) is 10.3 Å². The third kappa shape index (κ3) is 3.46. The van der Waals surface area contributed by atoms with Crippen LogP contribution in [0.3, 0.4) is 0 Å². The van der Waals surface area contributed by atoms with E-state index in [9.17, 15) is 9.59 Å². The molecule has 5 nitrogen and oxygen atoms in total. The fourth-order valence-corrected chi connectivity index (χ4v) is 4.35. The maximum absolute atomic E-state index is 12.5. The predicted octanol–water partition coefficient (Wildman–Crippen LogP) is 4.44. The molecule has 8 heteroatoms. The van der Waals surface area contributed by atoms with Crippen molar-refractivity contribution in [3.8, 4) is 0 Å². The quantitative estimate of drug-likeness (QED) is 0.680. The number of carbonyl (C=O) groups is 2. The lowest BCUT2D eigenvalue weighted by molar-refractivity contribution is 0.0949. The Kier molecular flexibility index (Phi) is 4.67. The average molecular weight is 402 g/mol. The van der Waals surface area contributed by atoms with Gasteiger partial charge < -0.3 is 10.6 Å². The minimum absolute atomic E-state index is 0.203. The molecule has 1 aliphatic heterocycles. The van der Waals surface area contributed by atoms with E-state index in [-0.39, 0.29) is 11.8 Å². The fourth-order valence-electron chi connectivity index (χ4n) is 2.53. The first-order valence-electron chi connectivity index (χ1n) is 7.68. The van der Waals surface area contributed by atoms with E-state index in [0.29, 0.717) is 28.4 Å². The minimum atomic E-state index is -0.217. The molecule has 0 saturated heterocycles. The molecule has 0 fully saturated rings. The largest absolute Gasteiger partial charge is 0.347 e. The van der Waals surface area contributed by atoms with Crippen molar-refractivity contribution in [2.45, 2.75) is 16.3 Å². The Bertz CT molecular complexity index is 1010. The van der Waals surface area contributed by atoms with Gasteiger partial charge >= 0.3 is 0 Å². The standard InChI is InChI=1S/C18H12ClN3O2S2/c19-11-2-3-13-16(6-11)26-15-4-1-10(5-14(15)22-18(13)24)17(23)21-8-12-7-20-9-25-12/h1-7,9H,8H2,(H,21,23)(H,22,24). The molecule has 130 valence electrons. The second kappa shape index (κ2) is 7.11. The van der Waals surface area contributed by atoms with Gasteiger partial charge in [0, 0.05) is 31.5 Å². The molecule has 0 atom stereocenters. The van der Waals surface area contributed by atoms with Gasteiger partial charge in [0.25, 0.3) is 11.8 Å². The molecule has 0 radical (unpaired) electrons. The van der Waals surface area contributed by atoms with E-state index >= 15 is 0 Å². The number of fused-ring (bicyclic) bond motifs is 2. The first kappa shape index (κ1) is 17.1. The van der Waals surface area contributed by atoms with Gasteiger partial charge in [0.15, 0.2) is 0 Å². The summed E-state index contributed by atoms with van der Waals surface area (Å²) in [6.07, 6.45) is 1.72. The molecular formula is C18H12ClN3O2S2. The van der Waals surface area contributed by atoms with Crippen molar-refractivity contribution in [3.05, 3.63) is 69.1 Å². The smallest absolute Gasteiger partial charge is 0.256 e. The van der Waals surface area contributed by atoms with E-state index in [2.05, 4.69) is 15.6 Å².